The first kappa shape index (κ1) is 20.1. The highest BCUT2D eigenvalue weighted by atomic mass is 16.2. The number of aryl methyl sites for hydroxylation is 2. The Morgan fingerprint density at radius 1 is 1.13 bits per heavy atom. The number of benzene rings is 1. The van der Waals surface area contributed by atoms with Crippen LogP contribution >= 0.6 is 0 Å². The van der Waals surface area contributed by atoms with Crippen LogP contribution in [0.2, 0.25) is 0 Å². The first-order valence-corrected chi connectivity index (χ1v) is 10.3. The fraction of sp³-hybridized carbons (Fsp3) is 0.391. The molecule has 0 aliphatic carbocycles. The van der Waals surface area contributed by atoms with Crippen molar-refractivity contribution in [3.8, 4) is 0 Å². The van der Waals surface area contributed by atoms with Gasteiger partial charge in [0.2, 0.25) is 0 Å². The molecule has 30 heavy (non-hydrogen) atoms. The zero-order valence-corrected chi connectivity index (χ0v) is 17.8. The fourth-order valence-corrected chi connectivity index (χ4v) is 4.40. The number of para-hydroxylation sites is 1. The van der Waals surface area contributed by atoms with Crippen molar-refractivity contribution in [3.63, 3.8) is 0 Å². The second-order valence-electron chi connectivity index (χ2n) is 8.46. The van der Waals surface area contributed by atoms with E-state index in [-0.39, 0.29) is 11.8 Å². The summed E-state index contributed by atoms with van der Waals surface area (Å²) in [6, 6.07) is 8.98. The summed E-state index contributed by atoms with van der Waals surface area (Å²) in [5.74, 6) is 0.606. The number of carbonyl (C=O) groups is 2. The molecule has 0 radical (unpaired) electrons. The molecule has 7 heteroatoms. The average molecular weight is 406 g/mol. The van der Waals surface area contributed by atoms with Gasteiger partial charge < -0.3 is 10.2 Å². The van der Waals surface area contributed by atoms with Crippen LogP contribution in [0, 0.1) is 18.8 Å². The molecule has 0 saturated carbocycles. The molecule has 1 fully saturated rings. The molecular weight excluding hydrogens is 378 g/mol. The zero-order chi connectivity index (χ0) is 21.4. The molecule has 1 aliphatic rings. The van der Waals surface area contributed by atoms with Crippen molar-refractivity contribution in [1.82, 2.24) is 19.7 Å². The molecule has 7 nitrogen and oxygen atoms in total. The average Bonchev–Trinajstić information content (AvgIpc) is 3.00. The van der Waals surface area contributed by atoms with Crippen LogP contribution in [0.4, 0.5) is 5.69 Å². The van der Waals surface area contributed by atoms with E-state index in [9.17, 15) is 9.59 Å². The maximum absolute atomic E-state index is 13.2. The zero-order valence-electron chi connectivity index (χ0n) is 17.8. The molecule has 0 spiro atoms. The SMILES string of the molecule is Cc1nn(C)c2ncc(C(=O)Nc3ccccc3C(=O)N3CC(C)CC(C)C3)cc12. The first-order valence-electron chi connectivity index (χ1n) is 10.3. The standard InChI is InChI=1S/C23H27N5O2/c1-14-9-15(2)13-28(12-14)23(30)18-7-5-6-8-20(18)25-22(29)17-10-19-16(3)26-27(4)21(19)24-11-17/h5-8,10-11,14-15H,9,12-13H2,1-4H3,(H,25,29). The number of pyridine rings is 1. The normalized spacial score (nSPS) is 19.1. The quantitative estimate of drug-likeness (QED) is 0.721. The second kappa shape index (κ2) is 7.89. The summed E-state index contributed by atoms with van der Waals surface area (Å²) in [5, 5.41) is 8.09. The molecule has 0 bridgehead atoms. The van der Waals surface area contributed by atoms with Crippen molar-refractivity contribution >= 4 is 28.5 Å². The number of rotatable bonds is 3. The van der Waals surface area contributed by atoms with Crippen molar-refractivity contribution < 1.29 is 9.59 Å². The second-order valence-corrected chi connectivity index (χ2v) is 8.46. The minimum Gasteiger partial charge on any atom is -0.338 e. The Morgan fingerprint density at radius 3 is 2.57 bits per heavy atom. The number of piperidine rings is 1. The number of aromatic nitrogens is 3. The lowest BCUT2D eigenvalue weighted by atomic mass is 9.91. The molecule has 1 aliphatic heterocycles. The summed E-state index contributed by atoms with van der Waals surface area (Å²) in [6.07, 6.45) is 2.67. The van der Waals surface area contributed by atoms with Crippen molar-refractivity contribution in [2.75, 3.05) is 18.4 Å². The fourth-order valence-electron chi connectivity index (χ4n) is 4.40. The van der Waals surface area contributed by atoms with E-state index < -0.39 is 0 Å². The number of likely N-dealkylation sites (tertiary alicyclic amines) is 1. The lowest BCUT2D eigenvalue weighted by Gasteiger charge is -2.35. The highest BCUT2D eigenvalue weighted by Crippen LogP contribution is 2.25. The van der Waals surface area contributed by atoms with Crippen molar-refractivity contribution in [1.29, 1.82) is 0 Å². The Kier molecular flexibility index (Phi) is 5.28. The number of hydrogen-bond donors (Lipinski definition) is 1. The number of carbonyl (C=O) groups excluding carboxylic acids is 2. The Morgan fingerprint density at radius 2 is 1.83 bits per heavy atom. The Bertz CT molecular complexity index is 1110. The number of hydrogen-bond acceptors (Lipinski definition) is 4. The number of nitrogens with one attached hydrogen (secondary N) is 1. The maximum Gasteiger partial charge on any atom is 0.257 e. The lowest BCUT2D eigenvalue weighted by molar-refractivity contribution is 0.0624. The van der Waals surface area contributed by atoms with Crippen molar-refractivity contribution in [2.24, 2.45) is 18.9 Å². The molecule has 2 aromatic heterocycles. The molecular formula is C23H27N5O2. The van der Waals surface area contributed by atoms with Gasteiger partial charge >= 0.3 is 0 Å². The number of amides is 2. The minimum absolute atomic E-state index is 0.0408. The van der Waals surface area contributed by atoms with Gasteiger partial charge in [-0.05, 0) is 43.4 Å². The third-order valence-corrected chi connectivity index (χ3v) is 5.69. The van der Waals surface area contributed by atoms with Gasteiger partial charge in [-0.3, -0.25) is 14.3 Å². The molecule has 1 aromatic carbocycles. The van der Waals surface area contributed by atoms with Crippen LogP contribution in [0.3, 0.4) is 0 Å². The van der Waals surface area contributed by atoms with E-state index in [2.05, 4.69) is 29.2 Å². The highest BCUT2D eigenvalue weighted by molar-refractivity contribution is 6.09. The molecule has 2 atom stereocenters. The van der Waals surface area contributed by atoms with Crippen LogP contribution in [0.5, 0.6) is 0 Å². The smallest absolute Gasteiger partial charge is 0.257 e. The minimum atomic E-state index is -0.298. The van der Waals surface area contributed by atoms with Crippen LogP contribution < -0.4 is 5.32 Å². The van der Waals surface area contributed by atoms with E-state index in [1.807, 2.05) is 31.0 Å². The van der Waals surface area contributed by atoms with Crippen LogP contribution in [0.25, 0.3) is 11.0 Å². The van der Waals surface area contributed by atoms with Gasteiger partial charge in [-0.15, -0.1) is 0 Å². The maximum atomic E-state index is 13.2. The molecule has 3 aromatic rings. The van der Waals surface area contributed by atoms with Crippen LogP contribution in [-0.4, -0.2) is 44.6 Å². The largest absolute Gasteiger partial charge is 0.338 e. The molecule has 4 rings (SSSR count). The van der Waals surface area contributed by atoms with Gasteiger partial charge in [0.05, 0.1) is 22.5 Å². The van der Waals surface area contributed by atoms with E-state index in [1.165, 1.54) is 6.20 Å². The third-order valence-electron chi connectivity index (χ3n) is 5.69. The Balaban J connectivity index is 1.59. The lowest BCUT2D eigenvalue weighted by Crippen LogP contribution is -2.42. The number of fused-ring (bicyclic) bond motifs is 1. The van der Waals surface area contributed by atoms with E-state index >= 15 is 0 Å². The van der Waals surface area contributed by atoms with Crippen LogP contribution in [0.1, 0.15) is 46.7 Å². The Hall–Kier alpha value is -3.22. The monoisotopic (exact) mass is 405 g/mol. The highest BCUT2D eigenvalue weighted by Gasteiger charge is 2.27. The van der Waals surface area contributed by atoms with Gasteiger partial charge in [-0.25, -0.2) is 4.98 Å². The van der Waals surface area contributed by atoms with Gasteiger partial charge in [0.15, 0.2) is 5.65 Å². The van der Waals surface area contributed by atoms with Crippen LogP contribution in [0.15, 0.2) is 36.5 Å². The van der Waals surface area contributed by atoms with Gasteiger partial charge in [-0.1, -0.05) is 26.0 Å². The van der Waals surface area contributed by atoms with Crippen LogP contribution in [-0.2, 0) is 7.05 Å². The van der Waals surface area contributed by atoms with Crippen molar-refractivity contribution in [3.05, 3.63) is 53.3 Å². The summed E-state index contributed by atoms with van der Waals surface area (Å²) in [7, 11) is 1.83. The number of anilines is 1. The van der Waals surface area contributed by atoms with Crippen molar-refractivity contribution in [2.45, 2.75) is 27.2 Å². The van der Waals surface area contributed by atoms with E-state index in [0.717, 1.165) is 36.2 Å². The summed E-state index contributed by atoms with van der Waals surface area (Å²) < 4.78 is 1.70. The van der Waals surface area contributed by atoms with E-state index in [1.54, 1.807) is 22.9 Å². The van der Waals surface area contributed by atoms with Gasteiger partial charge in [0.25, 0.3) is 11.8 Å². The van der Waals surface area contributed by atoms with Gasteiger partial charge in [0, 0.05) is 31.7 Å². The van der Waals surface area contributed by atoms with Gasteiger partial charge in [-0.2, -0.15) is 5.10 Å². The molecule has 156 valence electrons. The summed E-state index contributed by atoms with van der Waals surface area (Å²) >= 11 is 0. The number of nitrogens with zero attached hydrogens (tertiary/aromatic N) is 4. The topological polar surface area (TPSA) is 80.1 Å². The molecule has 3 heterocycles. The predicted molar refractivity (Wildman–Crippen MR) is 116 cm³/mol. The molecule has 2 amide bonds. The molecule has 1 N–H and O–H groups in total. The third kappa shape index (κ3) is 3.79. The molecule has 2 unspecified atom stereocenters. The van der Waals surface area contributed by atoms with E-state index in [0.29, 0.717) is 28.7 Å². The summed E-state index contributed by atoms with van der Waals surface area (Å²) in [6.45, 7) is 7.72. The predicted octanol–water partition coefficient (Wildman–Crippen LogP) is 3.65. The summed E-state index contributed by atoms with van der Waals surface area (Å²) in [4.78, 5) is 32.4. The first-order chi connectivity index (χ1) is 14.3. The summed E-state index contributed by atoms with van der Waals surface area (Å²) in [5.41, 5.74) is 3.01. The van der Waals surface area contributed by atoms with Gasteiger partial charge in [0.1, 0.15) is 0 Å². The Labute approximate surface area is 176 Å². The molecule has 1 saturated heterocycles. The van der Waals surface area contributed by atoms with E-state index in [4.69, 9.17) is 0 Å².